The lowest BCUT2D eigenvalue weighted by atomic mass is 9.96. The molecule has 0 bridgehead atoms. The van der Waals surface area contributed by atoms with E-state index < -0.39 is 61.4 Å². The van der Waals surface area contributed by atoms with E-state index in [4.69, 9.17) is 42.6 Å². The second kappa shape index (κ2) is 24.4. The molecule has 0 saturated carbocycles. The van der Waals surface area contributed by atoms with Gasteiger partial charge < -0.3 is 52.8 Å². The minimum Gasteiger partial charge on any atom is -0.387 e. The first-order valence-electron chi connectivity index (χ1n) is 22.3. The second-order valence-corrected chi connectivity index (χ2v) is 16.2. The van der Waals surface area contributed by atoms with Gasteiger partial charge in [-0.05, 0) is 33.4 Å². The van der Waals surface area contributed by atoms with Gasteiger partial charge in [-0.1, -0.05) is 182 Å². The van der Waals surface area contributed by atoms with Crippen molar-refractivity contribution in [3.05, 3.63) is 215 Å². The van der Waals surface area contributed by atoms with Gasteiger partial charge in [0.2, 0.25) is 0 Å². The average Bonchev–Trinajstić information content (AvgIpc) is 3.35. The van der Waals surface area contributed by atoms with E-state index in [-0.39, 0.29) is 46.2 Å². The number of ether oxygens (including phenoxy) is 9. The molecule has 2 N–H and O–H groups in total. The second-order valence-electron chi connectivity index (χ2n) is 16.2. The fraction of sp³-hybridized carbons (Fsp3) is 0.333. The summed E-state index contributed by atoms with van der Waals surface area (Å²) in [5, 5.41) is 24.3. The van der Waals surface area contributed by atoms with E-state index in [0.29, 0.717) is 6.61 Å². The number of hydrogen-bond donors (Lipinski definition) is 2. The van der Waals surface area contributed by atoms with E-state index >= 15 is 0 Å². The molecule has 0 radical (unpaired) electrons. The van der Waals surface area contributed by atoms with E-state index in [0.717, 1.165) is 33.4 Å². The Bertz CT molecular complexity index is 2200. The molecule has 2 fully saturated rings. The molecule has 2 saturated heterocycles. The summed E-state index contributed by atoms with van der Waals surface area (Å²) in [6, 6.07) is 58.6. The molecule has 0 aliphatic carbocycles. The summed E-state index contributed by atoms with van der Waals surface area (Å²) in [7, 11) is 0. The zero-order valence-corrected chi connectivity index (χ0v) is 36.3. The van der Waals surface area contributed by atoms with Crippen molar-refractivity contribution >= 4 is 0 Å². The third kappa shape index (κ3) is 13.5. The number of aliphatic hydroxyl groups excluding tert-OH is 2. The summed E-state index contributed by atoms with van der Waals surface area (Å²) < 4.78 is 59.4. The first kappa shape index (κ1) is 46.4. The summed E-state index contributed by atoms with van der Waals surface area (Å²) in [6.45, 7) is 1.38. The van der Waals surface area contributed by atoms with Crippen LogP contribution in [0.1, 0.15) is 33.4 Å². The Hall–Kier alpha value is -5.12. The topological polar surface area (TPSA) is 124 Å². The van der Waals surface area contributed by atoms with Gasteiger partial charge in [0.25, 0.3) is 0 Å². The van der Waals surface area contributed by atoms with Gasteiger partial charge in [0, 0.05) is 0 Å². The van der Waals surface area contributed by atoms with Crippen molar-refractivity contribution in [2.24, 2.45) is 0 Å². The summed E-state index contributed by atoms with van der Waals surface area (Å²) in [5.41, 5.74) is 5.59. The molecular weight excluding hydrogens is 825 g/mol. The summed E-state index contributed by atoms with van der Waals surface area (Å²) in [4.78, 5) is 0. The van der Waals surface area contributed by atoms with Crippen LogP contribution in [0.4, 0.5) is 0 Å². The van der Waals surface area contributed by atoms with Gasteiger partial charge >= 0.3 is 0 Å². The summed E-state index contributed by atoms with van der Waals surface area (Å²) in [5.74, 6) is 0. The lowest BCUT2D eigenvalue weighted by Gasteiger charge is -2.49. The highest BCUT2D eigenvalue weighted by molar-refractivity contribution is 5.18. The molecule has 2 aliphatic rings. The SMILES string of the molecule is O[C@@H]1[C@@H](OCc2ccccc2)[C@@H](COCc2ccccc2)O[C@@H](O[C@H]2[C@H](OCc3ccccc3)[C@@H](OCc3ccccc3)[C@H](O)O[C@@H]2COCc2ccccc2)[C@@H]1OCc1ccccc1. The van der Waals surface area contributed by atoms with E-state index in [9.17, 15) is 10.2 Å². The molecule has 6 aromatic carbocycles. The fourth-order valence-electron chi connectivity index (χ4n) is 8.04. The molecule has 2 aliphatic heterocycles. The van der Waals surface area contributed by atoms with Crippen molar-refractivity contribution in [2.75, 3.05) is 13.2 Å². The van der Waals surface area contributed by atoms with E-state index in [1.54, 1.807) is 0 Å². The van der Waals surface area contributed by atoms with Gasteiger partial charge in [0.1, 0.15) is 48.8 Å². The molecule has 6 aromatic rings. The Labute approximate surface area is 381 Å². The molecule has 0 spiro atoms. The van der Waals surface area contributed by atoms with Crippen LogP contribution < -0.4 is 0 Å². The molecule has 2 heterocycles. The van der Waals surface area contributed by atoms with Crippen LogP contribution >= 0.6 is 0 Å². The molecular formula is C54H58O11. The number of aliphatic hydroxyl groups is 2. The monoisotopic (exact) mass is 882 g/mol. The van der Waals surface area contributed by atoms with Crippen molar-refractivity contribution in [2.45, 2.75) is 101 Å². The van der Waals surface area contributed by atoms with Crippen LogP contribution in [-0.4, -0.2) is 84.8 Å². The highest BCUT2D eigenvalue weighted by atomic mass is 16.7. The Kier molecular flexibility index (Phi) is 17.4. The fourth-order valence-corrected chi connectivity index (χ4v) is 8.04. The minimum atomic E-state index is -1.41. The van der Waals surface area contributed by atoms with Gasteiger partial charge in [0.15, 0.2) is 12.6 Å². The molecule has 0 aromatic heterocycles. The molecule has 65 heavy (non-hydrogen) atoms. The number of rotatable bonds is 22. The maximum Gasteiger partial charge on any atom is 0.187 e. The highest BCUT2D eigenvalue weighted by Gasteiger charge is 2.53. The molecule has 11 nitrogen and oxygen atoms in total. The predicted molar refractivity (Wildman–Crippen MR) is 243 cm³/mol. The van der Waals surface area contributed by atoms with Crippen molar-refractivity contribution in [1.29, 1.82) is 0 Å². The normalized spacial score (nSPS) is 25.6. The molecule has 0 amide bonds. The van der Waals surface area contributed by atoms with E-state index in [2.05, 4.69) is 0 Å². The zero-order chi connectivity index (χ0) is 44.5. The predicted octanol–water partition coefficient (Wildman–Crippen LogP) is 7.95. The minimum absolute atomic E-state index is 0.0183. The molecule has 10 atom stereocenters. The van der Waals surface area contributed by atoms with Crippen LogP contribution in [-0.2, 0) is 82.3 Å². The van der Waals surface area contributed by atoms with Crippen molar-refractivity contribution in [1.82, 2.24) is 0 Å². The number of hydrogen-bond acceptors (Lipinski definition) is 11. The Morgan fingerprint density at radius 2 is 0.662 bits per heavy atom. The quantitative estimate of drug-likeness (QED) is 0.0691. The maximum absolute atomic E-state index is 12.5. The van der Waals surface area contributed by atoms with Crippen LogP contribution in [0.2, 0.25) is 0 Å². The van der Waals surface area contributed by atoms with Crippen LogP contribution in [0.15, 0.2) is 182 Å². The smallest absolute Gasteiger partial charge is 0.187 e. The van der Waals surface area contributed by atoms with Crippen molar-refractivity contribution in [3.63, 3.8) is 0 Å². The van der Waals surface area contributed by atoms with Gasteiger partial charge in [-0.2, -0.15) is 0 Å². The van der Waals surface area contributed by atoms with Gasteiger partial charge in [-0.15, -0.1) is 0 Å². The van der Waals surface area contributed by atoms with Crippen LogP contribution in [0, 0.1) is 0 Å². The average molecular weight is 883 g/mol. The Morgan fingerprint density at radius 3 is 1.06 bits per heavy atom. The molecule has 11 heteroatoms. The lowest BCUT2D eigenvalue weighted by molar-refractivity contribution is -0.371. The van der Waals surface area contributed by atoms with Crippen LogP contribution in [0.5, 0.6) is 0 Å². The van der Waals surface area contributed by atoms with Crippen LogP contribution in [0.25, 0.3) is 0 Å². The Morgan fingerprint density at radius 1 is 0.338 bits per heavy atom. The van der Waals surface area contributed by atoms with Crippen molar-refractivity contribution in [3.8, 4) is 0 Å². The lowest BCUT2D eigenvalue weighted by Crippen LogP contribution is -2.66. The largest absolute Gasteiger partial charge is 0.387 e. The third-order valence-corrected chi connectivity index (χ3v) is 11.4. The Balaban J connectivity index is 1.12. The number of benzene rings is 6. The van der Waals surface area contributed by atoms with E-state index in [1.807, 2.05) is 182 Å². The molecule has 0 unspecified atom stereocenters. The molecule has 340 valence electrons. The zero-order valence-electron chi connectivity index (χ0n) is 36.3. The first-order chi connectivity index (χ1) is 32.1. The van der Waals surface area contributed by atoms with Crippen LogP contribution in [0.3, 0.4) is 0 Å². The van der Waals surface area contributed by atoms with Crippen molar-refractivity contribution < 1.29 is 52.8 Å². The van der Waals surface area contributed by atoms with Gasteiger partial charge in [-0.3, -0.25) is 0 Å². The van der Waals surface area contributed by atoms with Gasteiger partial charge in [0.05, 0.1) is 52.9 Å². The summed E-state index contributed by atoms with van der Waals surface area (Å²) in [6.07, 6.45) is -10.4. The standard InChI is InChI=1S/C54H58O11/c55-47-48(59-33-41-23-11-3-12-24-41)45(37-57-31-39-19-7-1-8-20-39)64-54(50(47)60-34-42-25-13-4-14-26-42)65-49-46(38-58-32-40-21-9-2-10-22-40)63-53(56)52(62-36-44-29-17-6-18-30-44)51(49)61-35-43-27-15-5-16-28-43/h1-30,45-56H,31-38H2/t45-,46-,47-,48+,49-,50-,51+,52-,53-,54+/m1/s1. The highest BCUT2D eigenvalue weighted by Crippen LogP contribution is 2.35. The summed E-state index contributed by atoms with van der Waals surface area (Å²) >= 11 is 0. The maximum atomic E-state index is 12.5. The first-order valence-corrected chi connectivity index (χ1v) is 22.3. The molecule has 8 rings (SSSR count). The van der Waals surface area contributed by atoms with E-state index in [1.165, 1.54) is 0 Å². The third-order valence-electron chi connectivity index (χ3n) is 11.4. The van der Waals surface area contributed by atoms with Gasteiger partial charge in [-0.25, -0.2) is 0 Å².